The molecular weight excluding hydrogens is 188 g/mol. The van der Waals surface area contributed by atoms with Gasteiger partial charge >= 0.3 is 0 Å². The maximum atomic E-state index is 11.4. The summed E-state index contributed by atoms with van der Waals surface area (Å²) >= 11 is 0. The SMILES string of the molecule is CC(N)CCC(=O)NCCC1CCCC1. The van der Waals surface area contributed by atoms with E-state index in [2.05, 4.69) is 5.32 Å². The minimum absolute atomic E-state index is 0.130. The summed E-state index contributed by atoms with van der Waals surface area (Å²) in [6.07, 6.45) is 7.99. The number of carbonyl (C=O) groups excluding carboxylic acids is 1. The number of nitrogens with two attached hydrogens (primary N) is 1. The van der Waals surface area contributed by atoms with Crippen molar-refractivity contribution in [1.82, 2.24) is 5.32 Å². The molecule has 1 aliphatic rings. The van der Waals surface area contributed by atoms with E-state index in [1.807, 2.05) is 6.92 Å². The van der Waals surface area contributed by atoms with Crippen molar-refractivity contribution in [3.05, 3.63) is 0 Å². The van der Waals surface area contributed by atoms with E-state index in [0.29, 0.717) is 6.42 Å². The van der Waals surface area contributed by atoms with E-state index in [1.165, 1.54) is 25.7 Å². The third-order valence-corrected chi connectivity index (χ3v) is 3.18. The number of amides is 1. The molecule has 0 aromatic carbocycles. The summed E-state index contributed by atoms with van der Waals surface area (Å²) < 4.78 is 0. The second-order valence-electron chi connectivity index (χ2n) is 4.81. The predicted octanol–water partition coefficient (Wildman–Crippen LogP) is 1.81. The van der Waals surface area contributed by atoms with Gasteiger partial charge < -0.3 is 11.1 Å². The molecule has 0 heterocycles. The molecule has 1 atom stereocenters. The fraction of sp³-hybridized carbons (Fsp3) is 0.917. The number of rotatable bonds is 6. The molecule has 0 aliphatic heterocycles. The normalized spacial score (nSPS) is 19.1. The Bertz CT molecular complexity index is 186. The van der Waals surface area contributed by atoms with Crippen LogP contribution in [0.5, 0.6) is 0 Å². The van der Waals surface area contributed by atoms with Gasteiger partial charge in [-0.15, -0.1) is 0 Å². The van der Waals surface area contributed by atoms with Crippen LogP contribution in [0.1, 0.15) is 51.9 Å². The third kappa shape index (κ3) is 5.78. The van der Waals surface area contributed by atoms with Crippen LogP contribution < -0.4 is 11.1 Å². The fourth-order valence-corrected chi connectivity index (χ4v) is 2.16. The van der Waals surface area contributed by atoms with E-state index in [9.17, 15) is 4.79 Å². The van der Waals surface area contributed by atoms with Crippen LogP contribution in [-0.4, -0.2) is 18.5 Å². The minimum Gasteiger partial charge on any atom is -0.356 e. The Hall–Kier alpha value is -0.570. The van der Waals surface area contributed by atoms with E-state index in [0.717, 1.165) is 25.3 Å². The van der Waals surface area contributed by atoms with Crippen molar-refractivity contribution < 1.29 is 4.79 Å². The molecule has 0 saturated heterocycles. The first-order chi connectivity index (χ1) is 7.18. The lowest BCUT2D eigenvalue weighted by Crippen LogP contribution is -2.27. The topological polar surface area (TPSA) is 55.1 Å². The minimum atomic E-state index is 0.130. The van der Waals surface area contributed by atoms with Crippen molar-refractivity contribution in [2.24, 2.45) is 11.7 Å². The maximum Gasteiger partial charge on any atom is 0.220 e. The summed E-state index contributed by atoms with van der Waals surface area (Å²) in [7, 11) is 0. The van der Waals surface area contributed by atoms with Crippen molar-refractivity contribution in [3.63, 3.8) is 0 Å². The van der Waals surface area contributed by atoms with E-state index in [1.54, 1.807) is 0 Å². The molecule has 0 radical (unpaired) electrons. The number of carbonyl (C=O) groups is 1. The standard InChI is InChI=1S/C12H24N2O/c1-10(13)6-7-12(15)14-9-8-11-4-2-3-5-11/h10-11H,2-9,13H2,1H3,(H,14,15). The third-order valence-electron chi connectivity index (χ3n) is 3.18. The van der Waals surface area contributed by atoms with Gasteiger partial charge in [0, 0.05) is 19.0 Å². The number of nitrogens with one attached hydrogen (secondary N) is 1. The maximum absolute atomic E-state index is 11.4. The summed E-state index contributed by atoms with van der Waals surface area (Å²) in [5.41, 5.74) is 5.59. The molecule has 0 aromatic heterocycles. The number of hydrogen-bond acceptors (Lipinski definition) is 2. The summed E-state index contributed by atoms with van der Waals surface area (Å²) in [5, 5.41) is 2.97. The molecule has 1 fully saturated rings. The lowest BCUT2D eigenvalue weighted by molar-refractivity contribution is -0.121. The quantitative estimate of drug-likeness (QED) is 0.705. The Morgan fingerprint density at radius 2 is 2.13 bits per heavy atom. The zero-order valence-corrected chi connectivity index (χ0v) is 9.80. The largest absolute Gasteiger partial charge is 0.356 e. The Labute approximate surface area is 92.8 Å². The first-order valence-electron chi connectivity index (χ1n) is 6.20. The van der Waals surface area contributed by atoms with Gasteiger partial charge in [0.2, 0.25) is 5.91 Å². The summed E-state index contributed by atoms with van der Waals surface area (Å²) in [6, 6.07) is 0.130. The second kappa shape index (κ2) is 6.83. The summed E-state index contributed by atoms with van der Waals surface area (Å²) in [5.74, 6) is 1.02. The molecule has 15 heavy (non-hydrogen) atoms. The van der Waals surface area contributed by atoms with Crippen LogP contribution in [0.3, 0.4) is 0 Å². The molecule has 3 nitrogen and oxygen atoms in total. The average Bonchev–Trinajstić information content (AvgIpc) is 2.67. The molecule has 1 unspecified atom stereocenters. The van der Waals surface area contributed by atoms with Crippen molar-refractivity contribution >= 4 is 5.91 Å². The van der Waals surface area contributed by atoms with Crippen molar-refractivity contribution in [3.8, 4) is 0 Å². The van der Waals surface area contributed by atoms with E-state index < -0.39 is 0 Å². The first kappa shape index (κ1) is 12.5. The van der Waals surface area contributed by atoms with Crippen LogP contribution in [0.25, 0.3) is 0 Å². The van der Waals surface area contributed by atoms with Crippen molar-refractivity contribution in [2.45, 2.75) is 57.9 Å². The molecule has 0 bridgehead atoms. The second-order valence-corrected chi connectivity index (χ2v) is 4.81. The van der Waals surface area contributed by atoms with Crippen LogP contribution in [0.4, 0.5) is 0 Å². The van der Waals surface area contributed by atoms with Crippen LogP contribution in [0.15, 0.2) is 0 Å². The molecule has 3 N–H and O–H groups in total. The predicted molar refractivity (Wildman–Crippen MR) is 62.5 cm³/mol. The van der Waals surface area contributed by atoms with Crippen molar-refractivity contribution in [2.75, 3.05) is 6.54 Å². The number of hydrogen-bond donors (Lipinski definition) is 2. The Morgan fingerprint density at radius 1 is 1.47 bits per heavy atom. The Morgan fingerprint density at radius 3 is 2.73 bits per heavy atom. The first-order valence-corrected chi connectivity index (χ1v) is 6.20. The molecule has 0 aromatic rings. The molecule has 1 aliphatic carbocycles. The Kier molecular flexibility index (Phi) is 5.69. The van der Waals surface area contributed by atoms with Crippen molar-refractivity contribution in [1.29, 1.82) is 0 Å². The fourth-order valence-electron chi connectivity index (χ4n) is 2.16. The van der Waals surface area contributed by atoms with Crippen LogP contribution >= 0.6 is 0 Å². The van der Waals surface area contributed by atoms with E-state index >= 15 is 0 Å². The van der Waals surface area contributed by atoms with Gasteiger partial charge in [-0.3, -0.25) is 4.79 Å². The summed E-state index contributed by atoms with van der Waals surface area (Å²) in [4.78, 5) is 11.4. The molecule has 1 amide bonds. The molecule has 88 valence electrons. The monoisotopic (exact) mass is 212 g/mol. The zero-order valence-electron chi connectivity index (χ0n) is 9.80. The van der Waals surface area contributed by atoms with Gasteiger partial charge in [-0.05, 0) is 25.7 Å². The van der Waals surface area contributed by atoms with Gasteiger partial charge in [-0.2, -0.15) is 0 Å². The highest BCUT2D eigenvalue weighted by atomic mass is 16.1. The van der Waals surface area contributed by atoms with Crippen LogP contribution in [-0.2, 0) is 4.79 Å². The highest BCUT2D eigenvalue weighted by Crippen LogP contribution is 2.26. The smallest absolute Gasteiger partial charge is 0.220 e. The van der Waals surface area contributed by atoms with Gasteiger partial charge in [0.25, 0.3) is 0 Å². The molecule has 1 rings (SSSR count). The molecule has 1 saturated carbocycles. The highest BCUT2D eigenvalue weighted by molar-refractivity contribution is 5.75. The highest BCUT2D eigenvalue weighted by Gasteiger charge is 2.14. The van der Waals surface area contributed by atoms with Gasteiger partial charge in [-0.1, -0.05) is 25.7 Å². The average molecular weight is 212 g/mol. The molecular formula is C12H24N2O. The van der Waals surface area contributed by atoms with E-state index in [4.69, 9.17) is 5.73 Å². The van der Waals surface area contributed by atoms with Gasteiger partial charge in [0.1, 0.15) is 0 Å². The Balaban J connectivity index is 1.96. The van der Waals surface area contributed by atoms with Crippen LogP contribution in [0.2, 0.25) is 0 Å². The van der Waals surface area contributed by atoms with Gasteiger partial charge in [0.05, 0.1) is 0 Å². The van der Waals surface area contributed by atoms with E-state index in [-0.39, 0.29) is 11.9 Å². The molecule has 3 heteroatoms. The van der Waals surface area contributed by atoms with Gasteiger partial charge in [-0.25, -0.2) is 0 Å². The van der Waals surface area contributed by atoms with Gasteiger partial charge in [0.15, 0.2) is 0 Å². The summed E-state index contributed by atoms with van der Waals surface area (Å²) in [6.45, 7) is 2.79. The zero-order chi connectivity index (χ0) is 11.1. The molecule has 0 spiro atoms. The van der Waals surface area contributed by atoms with Crippen LogP contribution in [0, 0.1) is 5.92 Å². The lowest BCUT2D eigenvalue weighted by Gasteiger charge is -2.10. The lowest BCUT2D eigenvalue weighted by atomic mass is 10.0.